The van der Waals surface area contributed by atoms with Crippen molar-refractivity contribution in [1.82, 2.24) is 4.90 Å². The van der Waals surface area contributed by atoms with Crippen molar-refractivity contribution in [3.05, 3.63) is 48.0 Å². The van der Waals surface area contributed by atoms with Gasteiger partial charge in [0.1, 0.15) is 0 Å². The Morgan fingerprint density at radius 1 is 1.13 bits per heavy atom. The minimum absolute atomic E-state index is 0. The molecule has 1 unspecified atom stereocenters. The van der Waals surface area contributed by atoms with E-state index in [1.165, 1.54) is 0 Å². The first-order valence-corrected chi connectivity index (χ1v) is 7.76. The lowest BCUT2D eigenvalue weighted by atomic mass is 9.91. The molecule has 23 heavy (non-hydrogen) atoms. The highest BCUT2D eigenvalue weighted by atomic mass is 35.5. The number of ether oxygens (including phenoxy) is 1. The van der Waals surface area contributed by atoms with Gasteiger partial charge in [-0.3, -0.25) is 9.69 Å². The van der Waals surface area contributed by atoms with E-state index in [0.29, 0.717) is 6.42 Å². The van der Waals surface area contributed by atoms with Crippen molar-refractivity contribution < 1.29 is 14.6 Å². The lowest BCUT2D eigenvalue weighted by Crippen LogP contribution is -2.37. The highest BCUT2D eigenvalue weighted by Gasteiger charge is 2.23. The van der Waals surface area contributed by atoms with E-state index < -0.39 is 11.9 Å². The van der Waals surface area contributed by atoms with Gasteiger partial charge < -0.3 is 9.84 Å². The van der Waals surface area contributed by atoms with E-state index in [1.807, 2.05) is 42.5 Å². The molecule has 0 saturated carbocycles. The molecule has 0 spiro atoms. The van der Waals surface area contributed by atoms with Crippen LogP contribution in [0.5, 0.6) is 0 Å². The second-order valence-electron chi connectivity index (χ2n) is 5.70. The van der Waals surface area contributed by atoms with E-state index in [-0.39, 0.29) is 12.4 Å². The third-order valence-corrected chi connectivity index (χ3v) is 4.33. The van der Waals surface area contributed by atoms with Crippen molar-refractivity contribution >= 4 is 29.1 Å². The molecule has 2 aromatic rings. The number of fused-ring (bicyclic) bond motifs is 1. The molecule has 0 aliphatic carbocycles. The van der Waals surface area contributed by atoms with E-state index in [2.05, 4.69) is 4.90 Å². The Balaban J connectivity index is 0.00000192. The van der Waals surface area contributed by atoms with Gasteiger partial charge in [-0.2, -0.15) is 0 Å². The smallest absolute Gasteiger partial charge is 0.311 e. The molecule has 0 bridgehead atoms. The number of carboxylic acid groups (broad SMARTS) is 1. The molecular formula is C18H22ClNO3. The van der Waals surface area contributed by atoms with Gasteiger partial charge in [-0.25, -0.2) is 0 Å². The second-order valence-corrected chi connectivity index (χ2v) is 5.70. The number of benzene rings is 2. The van der Waals surface area contributed by atoms with Crippen molar-refractivity contribution in [2.75, 3.05) is 32.8 Å². The van der Waals surface area contributed by atoms with Gasteiger partial charge in [0, 0.05) is 13.1 Å². The van der Waals surface area contributed by atoms with Crippen molar-refractivity contribution in [2.24, 2.45) is 0 Å². The lowest BCUT2D eigenvalue weighted by Gasteiger charge is -2.27. The molecule has 1 atom stereocenters. The van der Waals surface area contributed by atoms with Gasteiger partial charge in [0.25, 0.3) is 0 Å². The summed E-state index contributed by atoms with van der Waals surface area (Å²) in [6, 6.07) is 13.9. The van der Waals surface area contributed by atoms with Crippen molar-refractivity contribution in [1.29, 1.82) is 0 Å². The second kappa shape index (κ2) is 8.29. The molecule has 1 aliphatic heterocycles. The molecule has 5 heteroatoms. The fraction of sp³-hybridized carbons (Fsp3) is 0.389. The summed E-state index contributed by atoms with van der Waals surface area (Å²) >= 11 is 0. The zero-order valence-electron chi connectivity index (χ0n) is 13.0. The van der Waals surface area contributed by atoms with Crippen LogP contribution in [0.2, 0.25) is 0 Å². The minimum atomic E-state index is -0.746. The number of hydrogen-bond acceptors (Lipinski definition) is 3. The van der Waals surface area contributed by atoms with Crippen LogP contribution in [0.3, 0.4) is 0 Å². The summed E-state index contributed by atoms with van der Waals surface area (Å²) in [7, 11) is 0. The maximum atomic E-state index is 11.8. The summed E-state index contributed by atoms with van der Waals surface area (Å²) in [6.45, 7) is 4.06. The van der Waals surface area contributed by atoms with Crippen molar-refractivity contribution in [3.8, 4) is 0 Å². The normalized spacial score (nSPS) is 16.7. The molecule has 124 valence electrons. The zero-order chi connectivity index (χ0) is 15.4. The van der Waals surface area contributed by atoms with Gasteiger partial charge in [0.15, 0.2) is 0 Å². The number of carbonyl (C=O) groups is 1. The maximum Gasteiger partial charge on any atom is 0.311 e. The predicted octanol–water partition coefficient (Wildman–Crippen LogP) is 3.15. The minimum Gasteiger partial charge on any atom is -0.481 e. The number of halogens is 1. The number of nitrogens with zero attached hydrogens (tertiary/aromatic N) is 1. The molecule has 1 heterocycles. The summed E-state index contributed by atoms with van der Waals surface area (Å²) < 4.78 is 5.34. The van der Waals surface area contributed by atoms with Crippen LogP contribution >= 0.6 is 12.4 Å². The Morgan fingerprint density at radius 3 is 2.57 bits per heavy atom. The van der Waals surface area contributed by atoms with Crippen LogP contribution in [0.1, 0.15) is 17.9 Å². The third-order valence-electron chi connectivity index (χ3n) is 4.33. The Morgan fingerprint density at radius 2 is 1.83 bits per heavy atom. The molecule has 2 aromatic carbocycles. The van der Waals surface area contributed by atoms with E-state index >= 15 is 0 Å². The average Bonchev–Trinajstić information content (AvgIpc) is 2.56. The molecule has 1 fully saturated rings. The molecule has 0 radical (unpaired) electrons. The monoisotopic (exact) mass is 335 g/mol. The van der Waals surface area contributed by atoms with E-state index in [9.17, 15) is 9.90 Å². The fourth-order valence-corrected chi connectivity index (χ4v) is 3.10. The van der Waals surface area contributed by atoms with Crippen LogP contribution < -0.4 is 0 Å². The summed E-state index contributed by atoms with van der Waals surface area (Å²) in [5.74, 6) is -1.21. The standard InChI is InChI=1S/C18H21NO3.ClH/c20-18(21)17(8-9-19-10-12-22-13-11-19)16-7-3-5-14-4-1-2-6-15(14)16;/h1-7,17H,8-13H2,(H,20,21);1H. The number of carboxylic acids is 1. The van der Waals surface area contributed by atoms with E-state index in [0.717, 1.165) is 49.2 Å². The summed E-state index contributed by atoms with van der Waals surface area (Å²) in [4.78, 5) is 14.1. The van der Waals surface area contributed by atoms with E-state index in [4.69, 9.17) is 4.74 Å². The fourth-order valence-electron chi connectivity index (χ4n) is 3.10. The Bertz CT molecular complexity index is 650. The SMILES string of the molecule is Cl.O=C(O)C(CCN1CCOCC1)c1cccc2ccccc12. The first kappa shape index (κ1) is 17.7. The number of rotatable bonds is 5. The van der Waals surface area contributed by atoms with E-state index in [1.54, 1.807) is 0 Å². The van der Waals surface area contributed by atoms with Gasteiger partial charge in [0.05, 0.1) is 19.1 Å². The number of morpholine rings is 1. The summed E-state index contributed by atoms with van der Waals surface area (Å²) in [6.07, 6.45) is 0.628. The van der Waals surface area contributed by atoms with Gasteiger partial charge in [-0.1, -0.05) is 42.5 Å². The largest absolute Gasteiger partial charge is 0.481 e. The lowest BCUT2D eigenvalue weighted by molar-refractivity contribution is -0.139. The Labute approximate surface area is 142 Å². The molecule has 0 amide bonds. The quantitative estimate of drug-likeness (QED) is 0.912. The van der Waals surface area contributed by atoms with Crippen LogP contribution in [0.15, 0.2) is 42.5 Å². The van der Waals surface area contributed by atoms with Gasteiger partial charge in [-0.05, 0) is 29.3 Å². The average molecular weight is 336 g/mol. The first-order valence-electron chi connectivity index (χ1n) is 7.76. The topological polar surface area (TPSA) is 49.8 Å². The summed E-state index contributed by atoms with van der Waals surface area (Å²) in [5, 5.41) is 11.8. The van der Waals surface area contributed by atoms with Crippen LogP contribution in [0.25, 0.3) is 10.8 Å². The zero-order valence-corrected chi connectivity index (χ0v) is 13.8. The van der Waals surface area contributed by atoms with Crippen LogP contribution in [0.4, 0.5) is 0 Å². The number of aliphatic carboxylic acids is 1. The Kier molecular flexibility index (Phi) is 6.39. The predicted molar refractivity (Wildman–Crippen MR) is 93.4 cm³/mol. The molecule has 1 aliphatic rings. The maximum absolute atomic E-state index is 11.8. The van der Waals surface area contributed by atoms with Crippen molar-refractivity contribution in [2.45, 2.75) is 12.3 Å². The first-order chi connectivity index (χ1) is 10.8. The van der Waals surface area contributed by atoms with Gasteiger partial charge in [0.2, 0.25) is 0 Å². The van der Waals surface area contributed by atoms with Crippen molar-refractivity contribution in [3.63, 3.8) is 0 Å². The van der Waals surface area contributed by atoms with Gasteiger partial charge in [-0.15, -0.1) is 12.4 Å². The van der Waals surface area contributed by atoms with Gasteiger partial charge >= 0.3 is 5.97 Å². The Hall–Kier alpha value is -1.62. The van der Waals surface area contributed by atoms with Crippen LogP contribution in [-0.2, 0) is 9.53 Å². The number of hydrogen-bond donors (Lipinski definition) is 1. The molecule has 3 rings (SSSR count). The van der Waals surface area contributed by atoms with Crippen LogP contribution in [0, 0.1) is 0 Å². The molecular weight excluding hydrogens is 314 g/mol. The molecule has 1 N–H and O–H groups in total. The molecule has 0 aromatic heterocycles. The highest BCUT2D eigenvalue weighted by Crippen LogP contribution is 2.28. The third kappa shape index (κ3) is 4.22. The highest BCUT2D eigenvalue weighted by molar-refractivity contribution is 5.90. The molecule has 1 saturated heterocycles. The summed E-state index contributed by atoms with van der Waals surface area (Å²) in [5.41, 5.74) is 0.916. The molecule has 4 nitrogen and oxygen atoms in total. The van der Waals surface area contributed by atoms with Crippen LogP contribution in [-0.4, -0.2) is 48.8 Å².